The maximum absolute atomic E-state index is 11.8. The van der Waals surface area contributed by atoms with Gasteiger partial charge in [0.05, 0.1) is 18.9 Å². The van der Waals surface area contributed by atoms with E-state index in [1.165, 1.54) is 19.4 Å². The number of methoxy groups -OCH3 is 1. The molecule has 0 saturated heterocycles. The van der Waals surface area contributed by atoms with Crippen LogP contribution in [0, 0.1) is 0 Å². The van der Waals surface area contributed by atoms with E-state index >= 15 is 0 Å². The molecule has 0 saturated carbocycles. The second-order valence-electron chi connectivity index (χ2n) is 3.68. The maximum Gasteiger partial charge on any atom is 0.330 e. The van der Waals surface area contributed by atoms with Crippen molar-refractivity contribution in [2.75, 3.05) is 7.11 Å². The van der Waals surface area contributed by atoms with Gasteiger partial charge >= 0.3 is 5.97 Å². The van der Waals surface area contributed by atoms with Gasteiger partial charge in [0.25, 0.3) is 5.91 Å². The molecule has 0 aliphatic heterocycles. The van der Waals surface area contributed by atoms with Gasteiger partial charge in [0, 0.05) is 0 Å². The highest BCUT2D eigenvalue weighted by atomic mass is 79.9. The van der Waals surface area contributed by atoms with Crippen LogP contribution >= 0.6 is 15.9 Å². The molecule has 5 nitrogen and oxygen atoms in total. The topological polar surface area (TPSA) is 68.5 Å². The lowest BCUT2D eigenvalue weighted by Crippen LogP contribution is -2.50. The Morgan fingerprint density at radius 3 is 2.56 bits per heavy atom. The van der Waals surface area contributed by atoms with E-state index in [2.05, 4.69) is 26.0 Å². The zero-order valence-corrected chi connectivity index (χ0v) is 10.8. The summed E-state index contributed by atoms with van der Waals surface area (Å²) in [5.74, 6) is -0.920. The Morgan fingerprint density at radius 1 is 1.50 bits per heavy atom. The van der Waals surface area contributed by atoms with Crippen LogP contribution in [-0.4, -0.2) is 24.5 Å². The molecule has 0 atom stereocenters. The van der Waals surface area contributed by atoms with Crippen molar-refractivity contribution < 1.29 is 18.7 Å². The molecule has 0 unspecified atom stereocenters. The van der Waals surface area contributed by atoms with Crippen LogP contribution in [0.5, 0.6) is 0 Å². The van der Waals surface area contributed by atoms with Gasteiger partial charge in [0.15, 0.2) is 4.67 Å². The lowest BCUT2D eigenvalue weighted by Gasteiger charge is -2.22. The van der Waals surface area contributed by atoms with Crippen molar-refractivity contribution in [2.45, 2.75) is 19.4 Å². The molecule has 0 aromatic carbocycles. The highest BCUT2D eigenvalue weighted by molar-refractivity contribution is 9.10. The molecule has 1 aromatic rings. The minimum absolute atomic E-state index is 0.325. The second-order valence-corrected chi connectivity index (χ2v) is 4.40. The van der Waals surface area contributed by atoms with E-state index in [4.69, 9.17) is 4.42 Å². The number of carbonyl (C=O) groups excluding carboxylic acids is 2. The van der Waals surface area contributed by atoms with Crippen LogP contribution < -0.4 is 5.32 Å². The van der Waals surface area contributed by atoms with Crippen molar-refractivity contribution in [3.05, 3.63) is 22.6 Å². The van der Waals surface area contributed by atoms with E-state index in [0.717, 1.165) is 0 Å². The molecule has 16 heavy (non-hydrogen) atoms. The molecule has 1 N–H and O–H groups in total. The van der Waals surface area contributed by atoms with Gasteiger partial charge < -0.3 is 14.5 Å². The first-order valence-electron chi connectivity index (χ1n) is 4.52. The molecule has 0 bridgehead atoms. The van der Waals surface area contributed by atoms with Crippen molar-refractivity contribution >= 4 is 27.8 Å². The molecule has 0 aliphatic rings. The van der Waals surface area contributed by atoms with Crippen molar-refractivity contribution in [3.63, 3.8) is 0 Å². The molecule has 1 rings (SSSR count). The van der Waals surface area contributed by atoms with E-state index in [0.29, 0.717) is 10.2 Å². The third-order valence-corrected chi connectivity index (χ3v) is 2.60. The molecule has 0 fully saturated rings. The van der Waals surface area contributed by atoms with E-state index < -0.39 is 17.4 Å². The number of amides is 1. The Morgan fingerprint density at radius 2 is 2.12 bits per heavy atom. The zero-order chi connectivity index (χ0) is 12.3. The molecule has 88 valence electrons. The first kappa shape index (κ1) is 12.8. The Bertz CT molecular complexity index is 411. The summed E-state index contributed by atoms with van der Waals surface area (Å²) in [7, 11) is 1.27. The molecule has 6 heteroatoms. The van der Waals surface area contributed by atoms with Gasteiger partial charge in [0.2, 0.25) is 0 Å². The largest absolute Gasteiger partial charge is 0.467 e. The molecular formula is C10H12BrNO4. The predicted octanol–water partition coefficient (Wildman–Crippen LogP) is 1.72. The molecular weight excluding hydrogens is 278 g/mol. The molecule has 0 aliphatic carbocycles. The fourth-order valence-electron chi connectivity index (χ4n) is 1.11. The molecule has 1 aromatic heterocycles. The third-order valence-electron chi connectivity index (χ3n) is 1.98. The SMILES string of the molecule is COC(=O)C(C)(C)NC(=O)c1ccoc1Br. The summed E-state index contributed by atoms with van der Waals surface area (Å²) in [5, 5.41) is 2.55. The van der Waals surface area contributed by atoms with Crippen LogP contribution in [-0.2, 0) is 9.53 Å². The first-order valence-corrected chi connectivity index (χ1v) is 5.31. The lowest BCUT2D eigenvalue weighted by molar-refractivity contribution is -0.146. The molecule has 1 heterocycles. The minimum Gasteiger partial charge on any atom is -0.467 e. The number of rotatable bonds is 3. The monoisotopic (exact) mass is 289 g/mol. The van der Waals surface area contributed by atoms with Crippen molar-refractivity contribution in [3.8, 4) is 0 Å². The summed E-state index contributed by atoms with van der Waals surface area (Å²) in [4.78, 5) is 23.1. The minimum atomic E-state index is -1.08. The molecule has 0 spiro atoms. The first-order chi connectivity index (χ1) is 7.38. The fraction of sp³-hybridized carbons (Fsp3) is 0.400. The van der Waals surface area contributed by atoms with Crippen LogP contribution in [0.2, 0.25) is 0 Å². The zero-order valence-electron chi connectivity index (χ0n) is 9.17. The van der Waals surface area contributed by atoms with Gasteiger partial charge in [-0.25, -0.2) is 4.79 Å². The third kappa shape index (κ3) is 2.63. The summed E-state index contributed by atoms with van der Waals surface area (Å²) < 4.78 is 9.83. The van der Waals surface area contributed by atoms with E-state index in [9.17, 15) is 9.59 Å². The number of nitrogens with one attached hydrogen (secondary N) is 1. The van der Waals surface area contributed by atoms with Crippen LogP contribution in [0.3, 0.4) is 0 Å². The Balaban J connectivity index is 2.79. The van der Waals surface area contributed by atoms with E-state index in [-0.39, 0.29) is 0 Å². The number of esters is 1. The van der Waals surface area contributed by atoms with Gasteiger partial charge in [-0.05, 0) is 35.8 Å². The van der Waals surface area contributed by atoms with Crippen LogP contribution in [0.25, 0.3) is 0 Å². The predicted molar refractivity (Wildman–Crippen MR) is 60.0 cm³/mol. The molecule has 1 amide bonds. The summed E-state index contributed by atoms with van der Waals surface area (Å²) in [6.45, 7) is 3.12. The highest BCUT2D eigenvalue weighted by Crippen LogP contribution is 2.18. The van der Waals surface area contributed by atoms with Crippen LogP contribution in [0.1, 0.15) is 24.2 Å². The lowest BCUT2D eigenvalue weighted by atomic mass is 10.1. The van der Waals surface area contributed by atoms with Crippen LogP contribution in [0.4, 0.5) is 0 Å². The van der Waals surface area contributed by atoms with E-state index in [1.54, 1.807) is 13.8 Å². The van der Waals surface area contributed by atoms with Crippen molar-refractivity contribution in [1.29, 1.82) is 0 Å². The van der Waals surface area contributed by atoms with Crippen molar-refractivity contribution in [2.24, 2.45) is 0 Å². The van der Waals surface area contributed by atoms with Gasteiger partial charge in [-0.2, -0.15) is 0 Å². The smallest absolute Gasteiger partial charge is 0.330 e. The van der Waals surface area contributed by atoms with E-state index in [1.807, 2.05) is 0 Å². The van der Waals surface area contributed by atoms with Gasteiger partial charge in [-0.15, -0.1) is 0 Å². The summed E-state index contributed by atoms with van der Waals surface area (Å²) in [6.07, 6.45) is 1.38. The maximum atomic E-state index is 11.8. The number of furan rings is 1. The molecule has 0 radical (unpaired) electrons. The van der Waals surface area contributed by atoms with Crippen molar-refractivity contribution in [1.82, 2.24) is 5.32 Å². The summed E-state index contributed by atoms with van der Waals surface area (Å²) in [5.41, 5.74) is -0.750. The number of ether oxygens (including phenoxy) is 1. The second kappa shape index (κ2) is 4.69. The standard InChI is InChI=1S/C10H12BrNO4/c1-10(2,9(14)15-3)12-8(13)6-4-5-16-7(6)11/h4-5H,1-3H3,(H,12,13). The number of hydrogen-bond donors (Lipinski definition) is 1. The Labute approximate surface area is 101 Å². The fourth-order valence-corrected chi connectivity index (χ4v) is 1.53. The average molecular weight is 290 g/mol. The Kier molecular flexibility index (Phi) is 3.74. The summed E-state index contributed by atoms with van der Waals surface area (Å²) in [6, 6.07) is 1.51. The van der Waals surface area contributed by atoms with Crippen LogP contribution in [0.15, 0.2) is 21.4 Å². The highest BCUT2D eigenvalue weighted by Gasteiger charge is 2.31. The number of hydrogen-bond acceptors (Lipinski definition) is 4. The normalized spacial score (nSPS) is 11.0. The van der Waals surface area contributed by atoms with Gasteiger partial charge in [-0.3, -0.25) is 4.79 Å². The Hall–Kier alpha value is -1.30. The average Bonchev–Trinajstić information content (AvgIpc) is 2.62. The van der Waals surface area contributed by atoms with Gasteiger partial charge in [-0.1, -0.05) is 0 Å². The summed E-state index contributed by atoms with van der Waals surface area (Å²) >= 11 is 3.08. The number of halogens is 1. The quantitative estimate of drug-likeness (QED) is 0.861. The number of carbonyl (C=O) groups is 2. The van der Waals surface area contributed by atoms with Gasteiger partial charge in [0.1, 0.15) is 5.54 Å².